The summed E-state index contributed by atoms with van der Waals surface area (Å²) >= 11 is 0. The van der Waals surface area contributed by atoms with Crippen molar-refractivity contribution in [1.82, 2.24) is 4.72 Å². The van der Waals surface area contributed by atoms with Crippen LogP contribution in [-0.2, 0) is 19.6 Å². The van der Waals surface area contributed by atoms with Crippen LogP contribution in [0.15, 0.2) is 0 Å². The Bertz CT molecular complexity index is 412. The zero-order chi connectivity index (χ0) is 13.8. The lowest BCUT2D eigenvalue weighted by Gasteiger charge is -2.23. The van der Waals surface area contributed by atoms with Crippen molar-refractivity contribution in [3.8, 4) is 0 Å². The molecule has 0 spiro atoms. The van der Waals surface area contributed by atoms with Crippen LogP contribution in [-0.4, -0.2) is 41.9 Å². The van der Waals surface area contributed by atoms with Crippen LogP contribution in [0.2, 0.25) is 0 Å². The molecule has 104 valence electrons. The lowest BCUT2D eigenvalue weighted by molar-refractivity contribution is -0.145. The molecule has 1 aliphatic rings. The average molecular weight is 279 g/mol. The molecule has 0 aliphatic heterocycles. The second-order valence-corrected chi connectivity index (χ2v) is 6.40. The van der Waals surface area contributed by atoms with E-state index in [9.17, 15) is 18.0 Å². The first-order valence-electron chi connectivity index (χ1n) is 5.78. The van der Waals surface area contributed by atoms with Gasteiger partial charge >= 0.3 is 11.9 Å². The molecule has 3 N–H and O–H groups in total. The highest BCUT2D eigenvalue weighted by molar-refractivity contribution is 7.90. The van der Waals surface area contributed by atoms with Gasteiger partial charge in [-0.1, -0.05) is 19.3 Å². The molecule has 0 saturated heterocycles. The fourth-order valence-electron chi connectivity index (χ4n) is 2.02. The van der Waals surface area contributed by atoms with E-state index in [0.29, 0.717) is 12.8 Å². The van der Waals surface area contributed by atoms with E-state index in [1.165, 1.54) is 0 Å². The summed E-state index contributed by atoms with van der Waals surface area (Å²) in [4.78, 5) is 21.3. The van der Waals surface area contributed by atoms with E-state index in [2.05, 4.69) is 0 Å². The van der Waals surface area contributed by atoms with Crippen molar-refractivity contribution >= 4 is 22.0 Å². The van der Waals surface area contributed by atoms with Crippen LogP contribution in [0.5, 0.6) is 0 Å². The summed E-state index contributed by atoms with van der Waals surface area (Å²) in [7, 11) is -3.77. The Kier molecular flexibility index (Phi) is 5.09. The zero-order valence-corrected chi connectivity index (χ0v) is 10.6. The third kappa shape index (κ3) is 4.26. The molecule has 0 amide bonds. The van der Waals surface area contributed by atoms with Crippen molar-refractivity contribution in [2.45, 2.75) is 49.8 Å². The van der Waals surface area contributed by atoms with Crippen LogP contribution in [0, 0.1) is 0 Å². The summed E-state index contributed by atoms with van der Waals surface area (Å²) in [5.74, 6) is -2.83. The highest BCUT2D eigenvalue weighted by atomic mass is 32.2. The van der Waals surface area contributed by atoms with Gasteiger partial charge in [-0.2, -0.15) is 0 Å². The van der Waals surface area contributed by atoms with Crippen molar-refractivity contribution < 1.29 is 28.2 Å². The molecule has 0 bridgehead atoms. The number of hydrogen-bond acceptors (Lipinski definition) is 4. The monoisotopic (exact) mass is 279 g/mol. The minimum Gasteiger partial charge on any atom is -0.481 e. The molecular formula is C10H17NO6S. The van der Waals surface area contributed by atoms with Crippen LogP contribution < -0.4 is 4.72 Å². The highest BCUT2D eigenvalue weighted by Gasteiger charge is 2.32. The van der Waals surface area contributed by atoms with Crippen molar-refractivity contribution in [2.75, 3.05) is 0 Å². The maximum Gasteiger partial charge on any atom is 0.322 e. The SMILES string of the molecule is O=C(O)C[C@@H](NS(=O)(=O)C1CCCCC1)C(=O)O. The predicted octanol–water partition coefficient (Wildman–Crippen LogP) is 0.166. The summed E-state index contributed by atoms with van der Waals surface area (Å²) < 4.78 is 25.8. The standard InChI is InChI=1S/C10H17NO6S/c12-9(13)6-8(10(14)15)11-18(16,17)7-4-2-1-3-5-7/h7-8,11H,1-6H2,(H,12,13)(H,14,15)/t8-/m1/s1. The minimum absolute atomic E-state index is 0.495. The average Bonchev–Trinajstić information content (AvgIpc) is 2.28. The molecule has 8 heteroatoms. The smallest absolute Gasteiger partial charge is 0.322 e. The second kappa shape index (κ2) is 6.14. The molecular weight excluding hydrogens is 262 g/mol. The maximum atomic E-state index is 11.9. The Balaban J connectivity index is 2.71. The molecule has 0 heterocycles. The van der Waals surface area contributed by atoms with E-state index < -0.39 is 39.7 Å². The Morgan fingerprint density at radius 3 is 2.17 bits per heavy atom. The van der Waals surface area contributed by atoms with Crippen LogP contribution in [0.3, 0.4) is 0 Å². The summed E-state index contributed by atoms with van der Waals surface area (Å²) in [5, 5.41) is 16.7. The van der Waals surface area contributed by atoms with Crippen LogP contribution in [0.4, 0.5) is 0 Å². The van der Waals surface area contributed by atoms with Crippen molar-refractivity contribution in [3.63, 3.8) is 0 Å². The fraction of sp³-hybridized carbons (Fsp3) is 0.800. The molecule has 0 unspecified atom stereocenters. The van der Waals surface area contributed by atoms with Gasteiger partial charge in [0.25, 0.3) is 0 Å². The number of aliphatic carboxylic acids is 2. The van der Waals surface area contributed by atoms with Crippen LogP contribution >= 0.6 is 0 Å². The van der Waals surface area contributed by atoms with E-state index in [4.69, 9.17) is 10.2 Å². The molecule has 1 rings (SSSR count). The quantitative estimate of drug-likeness (QED) is 0.637. The van der Waals surface area contributed by atoms with Gasteiger partial charge in [-0.25, -0.2) is 13.1 Å². The third-order valence-electron chi connectivity index (χ3n) is 2.97. The molecule has 18 heavy (non-hydrogen) atoms. The number of nitrogens with one attached hydrogen (secondary N) is 1. The van der Waals surface area contributed by atoms with E-state index in [-0.39, 0.29) is 0 Å². The molecule has 0 radical (unpaired) electrons. The van der Waals surface area contributed by atoms with E-state index >= 15 is 0 Å². The minimum atomic E-state index is -3.77. The van der Waals surface area contributed by atoms with Gasteiger partial charge in [-0.3, -0.25) is 9.59 Å². The topological polar surface area (TPSA) is 121 Å². The van der Waals surface area contributed by atoms with Crippen molar-refractivity contribution in [3.05, 3.63) is 0 Å². The molecule has 1 fully saturated rings. The highest BCUT2D eigenvalue weighted by Crippen LogP contribution is 2.23. The van der Waals surface area contributed by atoms with Crippen LogP contribution in [0.25, 0.3) is 0 Å². The summed E-state index contributed by atoms with van der Waals surface area (Å²) in [6.45, 7) is 0. The first-order chi connectivity index (χ1) is 8.33. The van der Waals surface area contributed by atoms with Gasteiger partial charge in [0.05, 0.1) is 11.7 Å². The Morgan fingerprint density at radius 2 is 1.72 bits per heavy atom. The maximum absolute atomic E-state index is 11.9. The molecule has 1 atom stereocenters. The van der Waals surface area contributed by atoms with E-state index in [0.717, 1.165) is 19.3 Å². The number of hydrogen-bond donors (Lipinski definition) is 3. The van der Waals surface area contributed by atoms with Crippen molar-refractivity contribution in [2.24, 2.45) is 0 Å². The molecule has 0 aromatic rings. The van der Waals surface area contributed by atoms with Gasteiger partial charge in [-0.15, -0.1) is 0 Å². The largest absolute Gasteiger partial charge is 0.481 e. The number of sulfonamides is 1. The molecule has 1 saturated carbocycles. The van der Waals surface area contributed by atoms with Gasteiger partial charge in [0.1, 0.15) is 6.04 Å². The normalized spacial score (nSPS) is 19.3. The van der Waals surface area contributed by atoms with Crippen LogP contribution in [0.1, 0.15) is 38.5 Å². The molecule has 0 aromatic heterocycles. The van der Waals surface area contributed by atoms with E-state index in [1.807, 2.05) is 4.72 Å². The summed E-state index contributed by atoms with van der Waals surface area (Å²) in [5.41, 5.74) is 0. The van der Waals surface area contributed by atoms with Gasteiger partial charge in [0, 0.05) is 0 Å². The Morgan fingerprint density at radius 1 is 1.17 bits per heavy atom. The number of carboxylic acid groups (broad SMARTS) is 2. The lowest BCUT2D eigenvalue weighted by atomic mass is 10.0. The molecule has 7 nitrogen and oxygen atoms in total. The Labute approximate surface area is 105 Å². The third-order valence-corrected chi connectivity index (χ3v) is 4.94. The number of carbonyl (C=O) groups is 2. The predicted molar refractivity (Wildman–Crippen MR) is 62.6 cm³/mol. The van der Waals surface area contributed by atoms with Gasteiger partial charge in [0.2, 0.25) is 10.0 Å². The zero-order valence-electron chi connectivity index (χ0n) is 9.83. The summed E-state index contributed by atoms with van der Waals surface area (Å²) in [6.07, 6.45) is 2.79. The molecule has 1 aliphatic carbocycles. The second-order valence-electron chi connectivity index (χ2n) is 4.41. The van der Waals surface area contributed by atoms with Crippen molar-refractivity contribution in [1.29, 1.82) is 0 Å². The fourth-order valence-corrected chi connectivity index (χ4v) is 3.75. The Hall–Kier alpha value is -1.15. The number of rotatable bonds is 6. The van der Waals surface area contributed by atoms with E-state index in [1.54, 1.807) is 0 Å². The number of carboxylic acids is 2. The lowest BCUT2D eigenvalue weighted by Crippen LogP contribution is -2.46. The van der Waals surface area contributed by atoms with Gasteiger partial charge < -0.3 is 10.2 Å². The van der Waals surface area contributed by atoms with Gasteiger partial charge in [0.15, 0.2) is 0 Å². The molecule has 0 aromatic carbocycles. The first kappa shape index (κ1) is 14.9. The van der Waals surface area contributed by atoms with Gasteiger partial charge in [-0.05, 0) is 12.8 Å². The first-order valence-corrected chi connectivity index (χ1v) is 7.33. The summed E-state index contributed by atoms with van der Waals surface area (Å²) in [6, 6.07) is -1.60.